The van der Waals surface area contributed by atoms with Crippen molar-refractivity contribution in [1.29, 1.82) is 0 Å². The number of methoxy groups -OCH3 is 1. The van der Waals surface area contributed by atoms with Crippen LogP contribution in [0.4, 0.5) is 4.39 Å². The first-order valence-electron chi connectivity index (χ1n) is 8.69. The first-order chi connectivity index (χ1) is 12.9. The van der Waals surface area contributed by atoms with Crippen LogP contribution in [-0.4, -0.2) is 35.7 Å². The third-order valence-electron chi connectivity index (χ3n) is 4.91. The molecule has 0 aliphatic carbocycles. The second-order valence-electron chi connectivity index (χ2n) is 6.55. The number of carbonyl (C=O) groups is 1. The molecule has 1 aliphatic heterocycles. The van der Waals surface area contributed by atoms with Gasteiger partial charge in [-0.05, 0) is 54.8 Å². The summed E-state index contributed by atoms with van der Waals surface area (Å²) in [5.41, 5.74) is 1.31. The Morgan fingerprint density at radius 2 is 2.04 bits per heavy atom. The van der Waals surface area contributed by atoms with Crippen LogP contribution in [0.5, 0.6) is 5.75 Å². The Morgan fingerprint density at radius 3 is 2.67 bits per heavy atom. The third kappa shape index (κ3) is 4.21. The number of benzene rings is 2. The number of halogens is 3. The molecule has 1 fully saturated rings. The molecule has 7 heteroatoms. The zero-order valence-electron chi connectivity index (χ0n) is 14.8. The minimum atomic E-state index is -0.890. The summed E-state index contributed by atoms with van der Waals surface area (Å²) in [6.07, 6.45) is 2.24. The quantitative estimate of drug-likeness (QED) is 0.736. The minimum Gasteiger partial charge on any atom is -0.494 e. The number of carboxylic acid groups (broad SMARTS) is 1. The molecule has 2 atom stereocenters. The summed E-state index contributed by atoms with van der Waals surface area (Å²) in [6.45, 7) is 0.578. The molecule has 0 saturated carbocycles. The van der Waals surface area contributed by atoms with Crippen molar-refractivity contribution in [3.63, 3.8) is 0 Å². The number of likely N-dealkylation sites (tertiary alicyclic amines) is 1. The number of hydrogen-bond donors (Lipinski definition) is 1. The van der Waals surface area contributed by atoms with Gasteiger partial charge in [-0.15, -0.1) is 0 Å². The number of ether oxygens (including phenoxy) is 1. The lowest BCUT2D eigenvalue weighted by molar-refractivity contribution is -0.145. The Kier molecular flexibility index (Phi) is 6.25. The van der Waals surface area contributed by atoms with Gasteiger partial charge >= 0.3 is 5.97 Å². The Hall–Kier alpha value is -1.82. The highest BCUT2D eigenvalue weighted by molar-refractivity contribution is 6.35. The number of nitrogens with zero attached hydrogens (tertiary/aromatic N) is 1. The van der Waals surface area contributed by atoms with Gasteiger partial charge in [-0.1, -0.05) is 41.8 Å². The van der Waals surface area contributed by atoms with Crippen LogP contribution in [0.15, 0.2) is 36.4 Å². The van der Waals surface area contributed by atoms with Crippen molar-refractivity contribution in [2.75, 3.05) is 13.7 Å². The van der Waals surface area contributed by atoms with Crippen LogP contribution in [0.2, 0.25) is 10.0 Å². The third-order valence-corrected chi connectivity index (χ3v) is 5.47. The van der Waals surface area contributed by atoms with Gasteiger partial charge in [0.15, 0.2) is 11.6 Å². The van der Waals surface area contributed by atoms with Crippen molar-refractivity contribution in [2.24, 2.45) is 0 Å². The largest absolute Gasteiger partial charge is 0.494 e. The number of rotatable bonds is 5. The molecular weight excluding hydrogens is 392 g/mol. The molecule has 0 amide bonds. The Morgan fingerprint density at radius 1 is 1.26 bits per heavy atom. The summed E-state index contributed by atoms with van der Waals surface area (Å²) in [5.74, 6) is -1.26. The van der Waals surface area contributed by atoms with E-state index in [9.17, 15) is 14.3 Å². The first kappa shape index (κ1) is 19.9. The van der Waals surface area contributed by atoms with E-state index in [1.54, 1.807) is 30.3 Å². The molecule has 2 aromatic rings. The van der Waals surface area contributed by atoms with Crippen molar-refractivity contribution in [2.45, 2.75) is 31.3 Å². The van der Waals surface area contributed by atoms with Crippen molar-refractivity contribution in [3.05, 3.63) is 63.4 Å². The minimum absolute atomic E-state index is 0.133. The standard InChI is InChI=1S/C20H20Cl2FNO3/c1-27-18-8-5-12(10-16(18)23)19(14-7-6-13(21)11-15(14)22)24-9-3-2-4-17(24)20(25)26/h5-8,10-11,17,19H,2-4,9H2,1H3,(H,25,26). The Labute approximate surface area is 167 Å². The monoisotopic (exact) mass is 411 g/mol. The number of piperidine rings is 1. The summed E-state index contributed by atoms with van der Waals surface area (Å²) in [6, 6.07) is 8.58. The average Bonchev–Trinajstić information content (AvgIpc) is 2.64. The molecule has 1 N–H and O–H groups in total. The molecule has 2 unspecified atom stereocenters. The fraction of sp³-hybridized carbons (Fsp3) is 0.350. The van der Waals surface area contributed by atoms with Crippen LogP contribution >= 0.6 is 23.2 Å². The number of carboxylic acids is 1. The summed E-state index contributed by atoms with van der Waals surface area (Å²) >= 11 is 12.5. The number of hydrogen-bond acceptors (Lipinski definition) is 3. The fourth-order valence-corrected chi connectivity index (χ4v) is 4.17. The molecule has 0 radical (unpaired) electrons. The lowest BCUT2D eigenvalue weighted by Gasteiger charge is -2.40. The maximum Gasteiger partial charge on any atom is 0.320 e. The van der Waals surface area contributed by atoms with E-state index >= 15 is 0 Å². The van der Waals surface area contributed by atoms with Crippen molar-refractivity contribution < 1.29 is 19.0 Å². The summed E-state index contributed by atoms with van der Waals surface area (Å²) in [5, 5.41) is 10.6. The fourth-order valence-electron chi connectivity index (χ4n) is 3.65. The van der Waals surface area contributed by atoms with Crippen molar-refractivity contribution >= 4 is 29.2 Å². The van der Waals surface area contributed by atoms with Crippen molar-refractivity contribution in [1.82, 2.24) is 4.90 Å². The molecular formula is C20H20Cl2FNO3. The van der Waals surface area contributed by atoms with E-state index in [0.717, 1.165) is 12.8 Å². The van der Waals surface area contributed by atoms with Gasteiger partial charge < -0.3 is 9.84 Å². The van der Waals surface area contributed by atoms with Crippen LogP contribution in [0.25, 0.3) is 0 Å². The maximum absolute atomic E-state index is 14.4. The molecule has 0 aromatic heterocycles. The first-order valence-corrected chi connectivity index (χ1v) is 9.45. The Bertz CT molecular complexity index is 846. The van der Waals surface area contributed by atoms with E-state index in [4.69, 9.17) is 27.9 Å². The molecule has 3 rings (SSSR count). The predicted molar refractivity (Wildman–Crippen MR) is 103 cm³/mol. The smallest absolute Gasteiger partial charge is 0.320 e. The summed E-state index contributed by atoms with van der Waals surface area (Å²) < 4.78 is 19.4. The van der Waals surface area contributed by atoms with E-state index in [1.165, 1.54) is 13.2 Å². The lowest BCUT2D eigenvalue weighted by atomic mass is 9.91. The topological polar surface area (TPSA) is 49.8 Å². The normalized spacial score (nSPS) is 18.9. The highest BCUT2D eigenvalue weighted by Gasteiger charge is 2.36. The van der Waals surface area contributed by atoms with Crippen LogP contribution < -0.4 is 4.74 Å². The van der Waals surface area contributed by atoms with Gasteiger partial charge in [-0.25, -0.2) is 4.39 Å². The van der Waals surface area contributed by atoms with Crippen LogP contribution in [0.3, 0.4) is 0 Å². The van der Waals surface area contributed by atoms with Gasteiger partial charge in [-0.3, -0.25) is 9.69 Å². The van der Waals surface area contributed by atoms with Gasteiger partial charge in [0.2, 0.25) is 0 Å². The summed E-state index contributed by atoms with van der Waals surface area (Å²) in [7, 11) is 1.40. The van der Waals surface area contributed by atoms with E-state index in [0.29, 0.717) is 34.1 Å². The SMILES string of the molecule is COc1ccc(C(c2ccc(Cl)cc2Cl)N2CCCCC2C(=O)O)cc1F. The molecule has 1 aliphatic rings. The van der Waals surface area contributed by atoms with Crippen LogP contribution in [-0.2, 0) is 4.79 Å². The van der Waals surface area contributed by atoms with E-state index in [1.807, 2.05) is 4.90 Å². The molecule has 0 spiro atoms. The predicted octanol–water partition coefficient (Wildman–Crippen LogP) is 5.17. The highest BCUT2D eigenvalue weighted by atomic mass is 35.5. The van der Waals surface area contributed by atoms with E-state index in [-0.39, 0.29) is 5.75 Å². The summed E-state index contributed by atoms with van der Waals surface area (Å²) in [4.78, 5) is 13.7. The Balaban J connectivity index is 2.14. The zero-order valence-corrected chi connectivity index (χ0v) is 16.3. The van der Waals surface area contributed by atoms with Gasteiger partial charge in [0.05, 0.1) is 13.2 Å². The van der Waals surface area contributed by atoms with Crippen molar-refractivity contribution in [3.8, 4) is 5.75 Å². The molecule has 144 valence electrons. The maximum atomic E-state index is 14.4. The van der Waals surface area contributed by atoms with Crippen LogP contribution in [0.1, 0.15) is 36.4 Å². The molecule has 1 saturated heterocycles. The van der Waals surface area contributed by atoms with Gasteiger partial charge in [0.25, 0.3) is 0 Å². The second kappa shape index (κ2) is 8.46. The van der Waals surface area contributed by atoms with E-state index in [2.05, 4.69) is 0 Å². The van der Waals surface area contributed by atoms with E-state index < -0.39 is 23.9 Å². The second-order valence-corrected chi connectivity index (χ2v) is 7.39. The van der Waals surface area contributed by atoms with Gasteiger partial charge in [0, 0.05) is 10.0 Å². The number of aliphatic carboxylic acids is 1. The van der Waals surface area contributed by atoms with Crippen LogP contribution in [0, 0.1) is 5.82 Å². The highest BCUT2D eigenvalue weighted by Crippen LogP contribution is 2.39. The molecule has 0 bridgehead atoms. The lowest BCUT2D eigenvalue weighted by Crippen LogP contribution is -2.46. The molecule has 4 nitrogen and oxygen atoms in total. The molecule has 27 heavy (non-hydrogen) atoms. The van der Waals surface area contributed by atoms with Gasteiger partial charge in [0.1, 0.15) is 6.04 Å². The molecule has 1 heterocycles. The zero-order chi connectivity index (χ0) is 19.6. The average molecular weight is 412 g/mol. The molecule has 2 aromatic carbocycles. The van der Waals surface area contributed by atoms with Gasteiger partial charge in [-0.2, -0.15) is 0 Å².